The van der Waals surface area contributed by atoms with E-state index in [2.05, 4.69) is 4.98 Å². The molecule has 0 radical (unpaired) electrons. The molecule has 0 aromatic carbocycles. The molecule has 76 valence electrons. The van der Waals surface area contributed by atoms with Crippen molar-refractivity contribution in [1.82, 2.24) is 4.98 Å². The Morgan fingerprint density at radius 3 is 2.57 bits per heavy atom. The molecule has 1 aromatic rings. The molecule has 1 rings (SSSR count). The van der Waals surface area contributed by atoms with Gasteiger partial charge < -0.3 is 5.73 Å². The number of alkyl halides is 2. The Labute approximate surface area is 81.7 Å². The maximum Gasteiger partial charge on any atom is 0.273 e. The van der Waals surface area contributed by atoms with E-state index < -0.39 is 34.4 Å². The molecule has 0 atom stereocenters. The molecule has 0 bridgehead atoms. The van der Waals surface area contributed by atoms with Crippen LogP contribution in [0.25, 0.3) is 0 Å². The molecule has 0 aliphatic rings. The molecule has 1 aromatic heterocycles. The van der Waals surface area contributed by atoms with Crippen LogP contribution < -0.4 is 5.73 Å². The molecule has 0 aliphatic heterocycles. The third-order valence-corrected chi connectivity index (χ3v) is 1.69. The van der Waals surface area contributed by atoms with E-state index in [9.17, 15) is 18.0 Å². The summed E-state index contributed by atoms with van der Waals surface area (Å²) in [6.45, 7) is 0. The third-order valence-electron chi connectivity index (χ3n) is 1.51. The summed E-state index contributed by atoms with van der Waals surface area (Å²) >= 11 is 4.93. The molecule has 0 fully saturated rings. The number of halogens is 4. The van der Waals surface area contributed by atoms with Crippen LogP contribution in [0, 0.1) is 5.82 Å². The minimum Gasteiger partial charge on any atom is -0.396 e. The number of hydrogen-bond acceptors (Lipinski definition) is 3. The first-order valence-corrected chi connectivity index (χ1v) is 3.74. The standard InChI is InChI=1S/C7H4ClF3N2O/c8-6(14)5-3(9)4(12)2(1-13-5)7(10)11/h1,7H,(H2,12,13). The van der Waals surface area contributed by atoms with Gasteiger partial charge in [-0.25, -0.2) is 18.2 Å². The van der Waals surface area contributed by atoms with E-state index >= 15 is 0 Å². The van der Waals surface area contributed by atoms with E-state index in [1.54, 1.807) is 0 Å². The molecule has 7 heteroatoms. The van der Waals surface area contributed by atoms with Gasteiger partial charge in [-0.2, -0.15) is 0 Å². The second-order valence-electron chi connectivity index (χ2n) is 2.36. The van der Waals surface area contributed by atoms with Gasteiger partial charge >= 0.3 is 0 Å². The van der Waals surface area contributed by atoms with Crippen LogP contribution in [0.5, 0.6) is 0 Å². The van der Waals surface area contributed by atoms with Crippen molar-refractivity contribution in [2.24, 2.45) is 0 Å². The monoisotopic (exact) mass is 224 g/mol. The summed E-state index contributed by atoms with van der Waals surface area (Å²) in [5.74, 6) is -1.32. The summed E-state index contributed by atoms with van der Waals surface area (Å²) in [5, 5.41) is -1.19. The zero-order chi connectivity index (χ0) is 10.9. The molecule has 2 N–H and O–H groups in total. The van der Waals surface area contributed by atoms with Crippen molar-refractivity contribution in [1.29, 1.82) is 0 Å². The van der Waals surface area contributed by atoms with E-state index in [1.165, 1.54) is 0 Å². The lowest BCUT2D eigenvalue weighted by molar-refractivity contribution is 0.107. The van der Waals surface area contributed by atoms with Crippen molar-refractivity contribution in [2.75, 3.05) is 5.73 Å². The van der Waals surface area contributed by atoms with Crippen LogP contribution in [0.15, 0.2) is 6.20 Å². The van der Waals surface area contributed by atoms with Crippen LogP contribution in [0.2, 0.25) is 0 Å². The Balaban J connectivity index is 3.33. The highest BCUT2D eigenvalue weighted by atomic mass is 35.5. The van der Waals surface area contributed by atoms with Crippen molar-refractivity contribution < 1.29 is 18.0 Å². The predicted octanol–water partition coefficient (Wildman–Crippen LogP) is 2.12. The van der Waals surface area contributed by atoms with Crippen molar-refractivity contribution in [2.45, 2.75) is 6.43 Å². The van der Waals surface area contributed by atoms with Crippen LogP contribution in [-0.2, 0) is 0 Å². The van der Waals surface area contributed by atoms with Crippen molar-refractivity contribution in [3.8, 4) is 0 Å². The summed E-state index contributed by atoms with van der Waals surface area (Å²) in [6, 6.07) is 0. The predicted molar refractivity (Wildman–Crippen MR) is 43.7 cm³/mol. The maximum atomic E-state index is 13.0. The van der Waals surface area contributed by atoms with Crippen molar-refractivity contribution in [3.05, 3.63) is 23.3 Å². The largest absolute Gasteiger partial charge is 0.396 e. The average molecular weight is 225 g/mol. The molecule has 1 heterocycles. The highest BCUT2D eigenvalue weighted by Gasteiger charge is 2.21. The normalized spacial score (nSPS) is 10.6. The summed E-state index contributed by atoms with van der Waals surface area (Å²) in [6.07, 6.45) is -2.32. The van der Waals surface area contributed by atoms with E-state index in [0.29, 0.717) is 6.20 Å². The van der Waals surface area contributed by atoms with E-state index in [0.717, 1.165) is 0 Å². The number of pyridine rings is 1. The highest BCUT2D eigenvalue weighted by molar-refractivity contribution is 6.67. The van der Waals surface area contributed by atoms with Gasteiger partial charge in [-0.05, 0) is 11.6 Å². The Bertz CT molecular complexity index is 383. The first-order chi connectivity index (χ1) is 6.45. The number of carbonyl (C=O) groups excluding carboxylic acids is 1. The summed E-state index contributed by atoms with van der Waals surface area (Å²) < 4.78 is 37.3. The Hall–Kier alpha value is -1.30. The van der Waals surface area contributed by atoms with Crippen molar-refractivity contribution in [3.63, 3.8) is 0 Å². The Morgan fingerprint density at radius 2 is 2.14 bits per heavy atom. The Morgan fingerprint density at radius 1 is 1.57 bits per heavy atom. The van der Waals surface area contributed by atoms with Crippen molar-refractivity contribution >= 4 is 22.5 Å². The number of aromatic nitrogens is 1. The van der Waals surface area contributed by atoms with Crippen LogP contribution in [-0.4, -0.2) is 10.2 Å². The molecule has 0 unspecified atom stereocenters. The van der Waals surface area contributed by atoms with E-state index in [4.69, 9.17) is 17.3 Å². The maximum absolute atomic E-state index is 13.0. The van der Waals surface area contributed by atoms with E-state index in [-0.39, 0.29) is 0 Å². The van der Waals surface area contributed by atoms with E-state index in [1.807, 2.05) is 0 Å². The van der Waals surface area contributed by atoms with Gasteiger partial charge in [0.15, 0.2) is 11.5 Å². The van der Waals surface area contributed by atoms with Crippen LogP contribution in [0.3, 0.4) is 0 Å². The zero-order valence-corrected chi connectivity index (χ0v) is 7.36. The van der Waals surface area contributed by atoms with Gasteiger partial charge in [0.1, 0.15) is 0 Å². The van der Waals surface area contributed by atoms with Gasteiger partial charge in [-0.15, -0.1) is 0 Å². The number of carbonyl (C=O) groups is 1. The molecule has 14 heavy (non-hydrogen) atoms. The topological polar surface area (TPSA) is 56.0 Å². The number of nitrogens with two attached hydrogens (primary N) is 1. The highest BCUT2D eigenvalue weighted by Crippen LogP contribution is 2.27. The molecule has 0 saturated carbocycles. The van der Waals surface area contributed by atoms with Crippen LogP contribution in [0.4, 0.5) is 18.9 Å². The lowest BCUT2D eigenvalue weighted by Crippen LogP contribution is -2.07. The number of rotatable bonds is 2. The number of hydrogen-bond donors (Lipinski definition) is 1. The van der Waals surface area contributed by atoms with Crippen LogP contribution >= 0.6 is 11.6 Å². The average Bonchev–Trinajstić information content (AvgIpc) is 2.08. The lowest BCUT2D eigenvalue weighted by Gasteiger charge is -2.06. The minimum atomic E-state index is -2.95. The fourth-order valence-electron chi connectivity index (χ4n) is 0.826. The fourth-order valence-corrected chi connectivity index (χ4v) is 0.957. The Kier molecular flexibility index (Phi) is 2.95. The fraction of sp³-hybridized carbons (Fsp3) is 0.143. The summed E-state index contributed by atoms with van der Waals surface area (Å²) in [4.78, 5) is 13.7. The first-order valence-electron chi connectivity index (χ1n) is 3.37. The van der Waals surface area contributed by atoms with Gasteiger partial charge in [0, 0.05) is 6.20 Å². The van der Waals surface area contributed by atoms with Gasteiger partial charge in [0.05, 0.1) is 11.3 Å². The molecule has 0 saturated heterocycles. The molecular formula is C7H4ClF3N2O. The van der Waals surface area contributed by atoms with Gasteiger partial charge in [0.25, 0.3) is 11.7 Å². The molecular weight excluding hydrogens is 221 g/mol. The SMILES string of the molecule is Nc1c(C(F)F)cnc(C(=O)Cl)c1F. The zero-order valence-electron chi connectivity index (χ0n) is 6.60. The smallest absolute Gasteiger partial charge is 0.273 e. The molecule has 0 aliphatic carbocycles. The number of nitrogen functional groups attached to an aromatic ring is 1. The summed E-state index contributed by atoms with van der Waals surface area (Å²) in [7, 11) is 0. The lowest BCUT2D eigenvalue weighted by atomic mass is 10.2. The molecule has 0 spiro atoms. The first kappa shape index (κ1) is 10.8. The van der Waals surface area contributed by atoms with Gasteiger partial charge in [-0.1, -0.05) is 0 Å². The molecule has 0 amide bonds. The summed E-state index contributed by atoms with van der Waals surface area (Å²) in [5.41, 5.74) is 2.69. The van der Waals surface area contributed by atoms with Gasteiger partial charge in [-0.3, -0.25) is 4.79 Å². The van der Waals surface area contributed by atoms with Crippen LogP contribution in [0.1, 0.15) is 22.5 Å². The number of nitrogens with zero attached hydrogens (tertiary/aromatic N) is 1. The second-order valence-corrected chi connectivity index (χ2v) is 2.71. The number of anilines is 1. The minimum absolute atomic E-state index is 0.624. The second kappa shape index (κ2) is 3.83. The third kappa shape index (κ3) is 1.79. The molecule has 3 nitrogen and oxygen atoms in total. The quantitative estimate of drug-likeness (QED) is 0.783. The van der Waals surface area contributed by atoms with Gasteiger partial charge in [0.2, 0.25) is 0 Å².